The molecule has 2 N–H and O–H groups in total. The number of amides is 2. The molecule has 150 valence electrons. The van der Waals surface area contributed by atoms with Gasteiger partial charge in [0.2, 0.25) is 11.8 Å². The molecule has 3 rings (SSSR count). The van der Waals surface area contributed by atoms with Crippen LogP contribution in [0.5, 0.6) is 0 Å². The Morgan fingerprint density at radius 2 is 1.96 bits per heavy atom. The lowest BCUT2D eigenvalue weighted by Gasteiger charge is -2.36. The number of carbonyl (C=O) groups excluding carboxylic acids is 2. The first-order valence-electron chi connectivity index (χ1n) is 10.3. The summed E-state index contributed by atoms with van der Waals surface area (Å²) in [6.45, 7) is 7.00. The summed E-state index contributed by atoms with van der Waals surface area (Å²) in [7, 11) is 0. The summed E-state index contributed by atoms with van der Waals surface area (Å²) in [5.41, 5.74) is 0. The number of hydrogen-bond acceptors (Lipinski definition) is 4. The molecular formula is C21H33N3O3. The third kappa shape index (κ3) is 5.58. The lowest BCUT2D eigenvalue weighted by atomic mass is 9.78. The predicted octanol–water partition coefficient (Wildman–Crippen LogP) is 2.55. The van der Waals surface area contributed by atoms with Crippen LogP contribution in [0.2, 0.25) is 0 Å². The van der Waals surface area contributed by atoms with E-state index >= 15 is 0 Å². The lowest BCUT2D eigenvalue weighted by molar-refractivity contribution is -0.127. The van der Waals surface area contributed by atoms with Crippen molar-refractivity contribution in [3.8, 4) is 0 Å². The Morgan fingerprint density at radius 3 is 2.67 bits per heavy atom. The summed E-state index contributed by atoms with van der Waals surface area (Å²) in [4.78, 5) is 26.9. The molecule has 0 radical (unpaired) electrons. The maximum Gasteiger partial charge on any atom is 0.234 e. The molecule has 27 heavy (non-hydrogen) atoms. The van der Waals surface area contributed by atoms with E-state index in [4.69, 9.17) is 4.42 Å². The molecule has 0 bridgehead atoms. The second-order valence-corrected chi connectivity index (χ2v) is 8.29. The van der Waals surface area contributed by atoms with Gasteiger partial charge in [-0.2, -0.15) is 0 Å². The molecule has 6 nitrogen and oxygen atoms in total. The molecule has 2 amide bonds. The van der Waals surface area contributed by atoms with E-state index in [2.05, 4.69) is 29.4 Å². The molecule has 6 heteroatoms. The second kappa shape index (κ2) is 9.40. The zero-order valence-electron chi connectivity index (χ0n) is 16.6. The van der Waals surface area contributed by atoms with Gasteiger partial charge in [-0.05, 0) is 56.3 Å². The minimum Gasteiger partial charge on any atom is -0.467 e. The molecule has 2 fully saturated rings. The van der Waals surface area contributed by atoms with E-state index in [1.165, 1.54) is 12.8 Å². The van der Waals surface area contributed by atoms with Crippen LogP contribution in [-0.2, 0) is 16.1 Å². The number of nitrogens with zero attached hydrogens (tertiary/aromatic N) is 1. The molecule has 2 aliphatic rings. The first-order valence-corrected chi connectivity index (χ1v) is 10.3. The van der Waals surface area contributed by atoms with Crippen molar-refractivity contribution in [2.24, 2.45) is 17.8 Å². The SMILES string of the molecule is CC1CCCC(NC(=O)CN2CCC(C(=O)NCc3ccco3)CC2)C1C. The molecule has 1 aromatic rings. The van der Waals surface area contributed by atoms with Crippen molar-refractivity contribution in [2.75, 3.05) is 19.6 Å². The lowest BCUT2D eigenvalue weighted by Crippen LogP contribution is -2.49. The van der Waals surface area contributed by atoms with E-state index in [0.29, 0.717) is 31.0 Å². The Kier molecular flexibility index (Phi) is 6.94. The van der Waals surface area contributed by atoms with Gasteiger partial charge < -0.3 is 15.1 Å². The van der Waals surface area contributed by atoms with E-state index < -0.39 is 0 Å². The highest BCUT2D eigenvalue weighted by molar-refractivity contribution is 5.79. The third-order valence-electron chi connectivity index (χ3n) is 6.40. The minimum absolute atomic E-state index is 0.0264. The molecule has 3 atom stereocenters. The summed E-state index contributed by atoms with van der Waals surface area (Å²) >= 11 is 0. The van der Waals surface area contributed by atoms with E-state index in [0.717, 1.165) is 38.1 Å². The van der Waals surface area contributed by atoms with Crippen molar-refractivity contribution in [3.05, 3.63) is 24.2 Å². The Morgan fingerprint density at radius 1 is 1.19 bits per heavy atom. The Hall–Kier alpha value is -1.82. The van der Waals surface area contributed by atoms with Gasteiger partial charge in [-0.15, -0.1) is 0 Å². The summed E-state index contributed by atoms with van der Waals surface area (Å²) in [6.07, 6.45) is 6.77. The van der Waals surface area contributed by atoms with Crippen molar-refractivity contribution in [3.63, 3.8) is 0 Å². The van der Waals surface area contributed by atoms with Crippen molar-refractivity contribution >= 4 is 11.8 Å². The van der Waals surface area contributed by atoms with Crippen LogP contribution in [0.1, 0.15) is 51.7 Å². The van der Waals surface area contributed by atoms with Crippen molar-refractivity contribution in [2.45, 2.75) is 58.5 Å². The monoisotopic (exact) mass is 375 g/mol. The van der Waals surface area contributed by atoms with Gasteiger partial charge in [0.1, 0.15) is 5.76 Å². The van der Waals surface area contributed by atoms with Gasteiger partial charge in [0.05, 0.1) is 19.4 Å². The quantitative estimate of drug-likeness (QED) is 0.801. The van der Waals surface area contributed by atoms with Crippen molar-refractivity contribution in [1.29, 1.82) is 0 Å². The molecule has 3 unspecified atom stereocenters. The smallest absolute Gasteiger partial charge is 0.234 e. The minimum atomic E-state index is 0.0264. The number of rotatable bonds is 6. The Bertz CT molecular complexity index is 608. The molecule has 1 saturated heterocycles. The average molecular weight is 376 g/mol. The van der Waals surface area contributed by atoms with Crippen LogP contribution in [0.4, 0.5) is 0 Å². The normalized spacial score (nSPS) is 27.3. The van der Waals surface area contributed by atoms with Crippen LogP contribution in [-0.4, -0.2) is 42.4 Å². The van der Waals surface area contributed by atoms with Crippen molar-refractivity contribution in [1.82, 2.24) is 15.5 Å². The third-order valence-corrected chi connectivity index (χ3v) is 6.40. The standard InChI is InChI=1S/C21H33N3O3/c1-15-5-3-7-19(16(15)2)23-20(25)14-24-10-8-17(9-11-24)21(26)22-13-18-6-4-12-27-18/h4,6,12,15-17,19H,3,5,7-11,13-14H2,1-2H3,(H,22,26)(H,23,25). The first kappa shape index (κ1) is 19.9. The van der Waals surface area contributed by atoms with Gasteiger partial charge in [0.15, 0.2) is 0 Å². The predicted molar refractivity (Wildman–Crippen MR) is 104 cm³/mol. The van der Waals surface area contributed by atoms with E-state index in [-0.39, 0.29) is 17.7 Å². The van der Waals surface area contributed by atoms with Crippen LogP contribution in [0.3, 0.4) is 0 Å². The van der Waals surface area contributed by atoms with E-state index in [1.54, 1.807) is 6.26 Å². The maximum absolute atomic E-state index is 12.4. The molecule has 1 aromatic heterocycles. The zero-order chi connectivity index (χ0) is 19.2. The van der Waals surface area contributed by atoms with Gasteiger partial charge in [-0.25, -0.2) is 0 Å². The summed E-state index contributed by atoms with van der Waals surface area (Å²) in [5.74, 6) is 2.23. The zero-order valence-corrected chi connectivity index (χ0v) is 16.6. The fraction of sp³-hybridized carbons (Fsp3) is 0.714. The van der Waals surface area contributed by atoms with Crippen LogP contribution in [0.15, 0.2) is 22.8 Å². The number of nitrogens with one attached hydrogen (secondary N) is 2. The highest BCUT2D eigenvalue weighted by atomic mass is 16.3. The largest absolute Gasteiger partial charge is 0.467 e. The molecule has 1 saturated carbocycles. The fourth-order valence-corrected chi connectivity index (χ4v) is 4.33. The van der Waals surface area contributed by atoms with Crippen LogP contribution in [0.25, 0.3) is 0 Å². The number of carbonyl (C=O) groups is 2. The Labute approximate surface area is 162 Å². The Balaban J connectivity index is 1.36. The highest BCUT2D eigenvalue weighted by Gasteiger charge is 2.30. The number of piperidine rings is 1. The maximum atomic E-state index is 12.4. The van der Waals surface area contributed by atoms with Crippen LogP contribution >= 0.6 is 0 Å². The van der Waals surface area contributed by atoms with Crippen LogP contribution < -0.4 is 10.6 Å². The van der Waals surface area contributed by atoms with Gasteiger partial charge in [0.25, 0.3) is 0 Å². The van der Waals surface area contributed by atoms with Crippen LogP contribution in [0, 0.1) is 17.8 Å². The summed E-state index contributed by atoms with van der Waals surface area (Å²) in [6, 6.07) is 3.99. The van der Waals surface area contributed by atoms with Gasteiger partial charge in [-0.1, -0.05) is 26.7 Å². The molecule has 1 aliphatic heterocycles. The number of likely N-dealkylation sites (tertiary alicyclic amines) is 1. The number of hydrogen-bond donors (Lipinski definition) is 2. The number of furan rings is 1. The average Bonchev–Trinajstić information content (AvgIpc) is 3.18. The first-order chi connectivity index (χ1) is 13.0. The van der Waals surface area contributed by atoms with Gasteiger partial charge in [0, 0.05) is 12.0 Å². The van der Waals surface area contributed by atoms with Gasteiger partial charge >= 0.3 is 0 Å². The summed E-state index contributed by atoms with van der Waals surface area (Å²) < 4.78 is 5.24. The second-order valence-electron chi connectivity index (χ2n) is 8.29. The van der Waals surface area contributed by atoms with Gasteiger partial charge in [-0.3, -0.25) is 14.5 Å². The molecular weight excluding hydrogens is 342 g/mol. The molecule has 1 aliphatic carbocycles. The molecule has 0 aromatic carbocycles. The summed E-state index contributed by atoms with van der Waals surface area (Å²) in [5, 5.41) is 6.19. The molecule has 0 spiro atoms. The van der Waals surface area contributed by atoms with E-state index in [9.17, 15) is 9.59 Å². The fourth-order valence-electron chi connectivity index (χ4n) is 4.33. The molecule has 2 heterocycles. The highest BCUT2D eigenvalue weighted by Crippen LogP contribution is 2.29. The topological polar surface area (TPSA) is 74.6 Å². The van der Waals surface area contributed by atoms with Crippen molar-refractivity contribution < 1.29 is 14.0 Å². The van der Waals surface area contributed by atoms with E-state index in [1.807, 2.05) is 12.1 Å².